The fourth-order valence-corrected chi connectivity index (χ4v) is 3.49. The van der Waals surface area contributed by atoms with Crippen molar-refractivity contribution in [3.8, 4) is 5.75 Å². The molecule has 7 nitrogen and oxygen atoms in total. The first kappa shape index (κ1) is 19.6. The number of hydrazone groups is 1. The first-order valence-electron chi connectivity index (χ1n) is 7.79. The highest BCUT2D eigenvalue weighted by atomic mass is 35.5. The van der Waals surface area contributed by atoms with Crippen LogP contribution in [0.1, 0.15) is 30.5 Å². The van der Waals surface area contributed by atoms with Gasteiger partial charge in [-0.1, -0.05) is 41.4 Å². The number of amides is 1. The third-order valence-corrected chi connectivity index (χ3v) is 5.10. The van der Waals surface area contributed by atoms with Crippen molar-refractivity contribution in [2.24, 2.45) is 10.2 Å². The Labute approximate surface area is 166 Å². The minimum Gasteiger partial charge on any atom is -0.371 e. The van der Waals surface area contributed by atoms with Crippen molar-refractivity contribution in [1.82, 2.24) is 5.01 Å². The van der Waals surface area contributed by atoms with Crippen LogP contribution in [-0.4, -0.2) is 25.0 Å². The predicted octanol–water partition coefficient (Wildman–Crippen LogP) is 3.27. The molecule has 1 unspecified atom stereocenters. The Morgan fingerprint density at radius 3 is 2.59 bits per heavy atom. The molecule has 0 aromatic heterocycles. The Morgan fingerprint density at radius 1 is 1.22 bits per heavy atom. The third-order valence-electron chi connectivity index (χ3n) is 3.94. The van der Waals surface area contributed by atoms with Gasteiger partial charge >= 0.3 is 10.3 Å². The number of nitrogens with zero attached hydrogens (tertiary/aromatic N) is 2. The van der Waals surface area contributed by atoms with Crippen molar-refractivity contribution in [3.63, 3.8) is 0 Å². The Kier molecular flexibility index (Phi) is 5.43. The summed E-state index contributed by atoms with van der Waals surface area (Å²) in [5.74, 6) is -0.200. The van der Waals surface area contributed by atoms with Crippen molar-refractivity contribution in [1.29, 1.82) is 0 Å². The second kappa shape index (κ2) is 7.47. The van der Waals surface area contributed by atoms with Gasteiger partial charge in [0.25, 0.3) is 0 Å². The van der Waals surface area contributed by atoms with Crippen LogP contribution < -0.4 is 9.32 Å². The van der Waals surface area contributed by atoms with Crippen LogP contribution in [0, 0.1) is 0 Å². The monoisotopic (exact) mass is 427 g/mol. The van der Waals surface area contributed by atoms with Gasteiger partial charge in [-0.2, -0.15) is 18.7 Å². The molecule has 10 heteroatoms. The van der Waals surface area contributed by atoms with Crippen LogP contribution in [0.15, 0.2) is 47.6 Å². The van der Waals surface area contributed by atoms with E-state index < -0.39 is 16.3 Å². The summed E-state index contributed by atoms with van der Waals surface area (Å²) in [5.41, 5.74) is 2.06. The quantitative estimate of drug-likeness (QED) is 0.808. The number of hydrogen-bond donors (Lipinski definition) is 1. The zero-order valence-electron chi connectivity index (χ0n) is 14.1. The lowest BCUT2D eigenvalue weighted by atomic mass is 9.98. The molecule has 0 radical (unpaired) electrons. The van der Waals surface area contributed by atoms with Gasteiger partial charge in [-0.25, -0.2) is 5.01 Å². The second-order valence-electron chi connectivity index (χ2n) is 5.91. The number of halogens is 2. The average Bonchev–Trinajstić information content (AvgIpc) is 3.02. The van der Waals surface area contributed by atoms with Gasteiger partial charge in [-0.05, 0) is 35.4 Å². The molecule has 27 heavy (non-hydrogen) atoms. The molecule has 1 aliphatic heterocycles. The van der Waals surface area contributed by atoms with E-state index in [9.17, 15) is 13.2 Å². The molecule has 1 aliphatic rings. The summed E-state index contributed by atoms with van der Waals surface area (Å²) < 4.78 is 27.0. The fraction of sp³-hybridized carbons (Fsp3) is 0.176. The smallest absolute Gasteiger partial charge is 0.371 e. The normalized spacial score (nSPS) is 17.0. The zero-order chi connectivity index (χ0) is 19.8. The van der Waals surface area contributed by atoms with Crippen molar-refractivity contribution in [2.75, 3.05) is 0 Å². The lowest BCUT2D eigenvalue weighted by molar-refractivity contribution is -0.130. The number of nitrogens with two attached hydrogens (primary N) is 1. The Morgan fingerprint density at radius 2 is 1.96 bits per heavy atom. The first-order valence-corrected chi connectivity index (χ1v) is 10.0. The zero-order valence-corrected chi connectivity index (χ0v) is 16.4. The maximum Gasteiger partial charge on any atom is 0.380 e. The molecular formula is C17H15Cl2N3O4S. The molecule has 3 rings (SSSR count). The van der Waals surface area contributed by atoms with Crippen LogP contribution in [0.3, 0.4) is 0 Å². The summed E-state index contributed by atoms with van der Waals surface area (Å²) in [5, 5.41) is 11.5. The van der Waals surface area contributed by atoms with Gasteiger partial charge in [0.1, 0.15) is 5.75 Å². The summed E-state index contributed by atoms with van der Waals surface area (Å²) >= 11 is 12.0. The van der Waals surface area contributed by atoms with E-state index in [4.69, 9.17) is 32.5 Å². The summed E-state index contributed by atoms with van der Waals surface area (Å²) in [6.07, 6.45) is 0.413. The lowest BCUT2D eigenvalue weighted by Crippen LogP contribution is -2.24. The van der Waals surface area contributed by atoms with Crippen molar-refractivity contribution >= 4 is 45.1 Å². The van der Waals surface area contributed by atoms with Gasteiger partial charge < -0.3 is 4.18 Å². The van der Waals surface area contributed by atoms with E-state index in [1.165, 1.54) is 24.1 Å². The molecule has 2 aromatic carbocycles. The fourth-order valence-electron chi connectivity index (χ4n) is 2.82. The van der Waals surface area contributed by atoms with E-state index in [1.807, 2.05) is 0 Å². The molecule has 142 valence electrons. The first-order chi connectivity index (χ1) is 12.6. The molecule has 0 saturated heterocycles. The highest BCUT2D eigenvalue weighted by Gasteiger charge is 2.31. The molecule has 0 fully saturated rings. The van der Waals surface area contributed by atoms with E-state index in [0.29, 0.717) is 27.7 Å². The van der Waals surface area contributed by atoms with Gasteiger partial charge in [0, 0.05) is 13.3 Å². The predicted molar refractivity (Wildman–Crippen MR) is 103 cm³/mol. The number of rotatable bonds is 4. The number of hydrogen-bond acceptors (Lipinski definition) is 5. The van der Waals surface area contributed by atoms with Crippen LogP contribution in [0.4, 0.5) is 0 Å². The molecule has 0 aliphatic carbocycles. The Hall–Kier alpha value is -2.13. The maximum atomic E-state index is 12.1. The summed E-state index contributed by atoms with van der Waals surface area (Å²) in [6.45, 7) is 1.40. The van der Waals surface area contributed by atoms with Gasteiger partial charge in [0.15, 0.2) is 0 Å². The van der Waals surface area contributed by atoms with E-state index in [-0.39, 0.29) is 11.7 Å². The topological polar surface area (TPSA) is 102 Å². The van der Waals surface area contributed by atoms with Crippen molar-refractivity contribution in [2.45, 2.75) is 19.4 Å². The SMILES string of the molecule is CC(=O)N1N=C(c2ccc(Cl)c(Cl)c2)CC1c1cccc(OS(N)(=O)=O)c1. The standard InChI is InChI=1S/C17H15Cl2N3O4S/c1-10(23)22-17(12-3-2-4-13(7-12)26-27(20,24)25)9-16(21-22)11-5-6-14(18)15(19)8-11/h2-8,17H,9H2,1H3,(H2,20,24,25). The summed E-state index contributed by atoms with van der Waals surface area (Å²) in [6, 6.07) is 11.0. The largest absolute Gasteiger partial charge is 0.380 e. The molecule has 0 bridgehead atoms. The number of carbonyl (C=O) groups is 1. The molecule has 1 amide bonds. The summed E-state index contributed by atoms with van der Waals surface area (Å²) in [4.78, 5) is 12.1. The van der Waals surface area contributed by atoms with E-state index in [0.717, 1.165) is 5.56 Å². The average molecular weight is 428 g/mol. The van der Waals surface area contributed by atoms with Crippen LogP contribution >= 0.6 is 23.2 Å². The Bertz CT molecular complexity index is 1040. The molecule has 1 heterocycles. The molecule has 2 N–H and O–H groups in total. The number of carbonyl (C=O) groups excluding carboxylic acids is 1. The van der Waals surface area contributed by atoms with Crippen molar-refractivity contribution < 1.29 is 17.4 Å². The van der Waals surface area contributed by atoms with Gasteiger partial charge in [0.2, 0.25) is 5.91 Å². The molecule has 2 aromatic rings. The van der Waals surface area contributed by atoms with E-state index >= 15 is 0 Å². The highest BCUT2D eigenvalue weighted by Crippen LogP contribution is 2.35. The van der Waals surface area contributed by atoms with Crippen LogP contribution in [0.5, 0.6) is 5.75 Å². The second-order valence-corrected chi connectivity index (χ2v) is 7.87. The molecule has 1 atom stereocenters. The van der Waals surface area contributed by atoms with Gasteiger partial charge in [-0.3, -0.25) is 4.79 Å². The van der Waals surface area contributed by atoms with Gasteiger partial charge in [-0.15, -0.1) is 0 Å². The number of benzene rings is 2. The Balaban J connectivity index is 1.94. The highest BCUT2D eigenvalue weighted by molar-refractivity contribution is 7.84. The lowest BCUT2D eigenvalue weighted by Gasteiger charge is -2.20. The van der Waals surface area contributed by atoms with Crippen LogP contribution in [-0.2, 0) is 15.1 Å². The van der Waals surface area contributed by atoms with Gasteiger partial charge in [0.05, 0.1) is 21.8 Å². The van der Waals surface area contributed by atoms with E-state index in [1.54, 1.807) is 30.3 Å². The third kappa shape index (κ3) is 4.59. The minimum atomic E-state index is -4.15. The molecular weight excluding hydrogens is 413 g/mol. The van der Waals surface area contributed by atoms with E-state index in [2.05, 4.69) is 5.10 Å². The maximum absolute atomic E-state index is 12.1. The summed E-state index contributed by atoms with van der Waals surface area (Å²) in [7, 11) is -4.15. The van der Waals surface area contributed by atoms with Crippen LogP contribution in [0.2, 0.25) is 10.0 Å². The molecule has 0 saturated carbocycles. The van der Waals surface area contributed by atoms with Crippen LogP contribution in [0.25, 0.3) is 0 Å². The van der Waals surface area contributed by atoms with Crippen molar-refractivity contribution in [3.05, 3.63) is 63.6 Å². The molecule has 0 spiro atoms. The minimum absolute atomic E-state index is 0.0569.